The third kappa shape index (κ3) is 3.27. The van der Waals surface area contributed by atoms with Crippen molar-refractivity contribution >= 4 is 16.8 Å². The topological polar surface area (TPSA) is 75.6 Å². The SMILES string of the molecule is Cc1ncc(-c2cc(F)c3n[nH]c(C(=O)NC4CCC(C)(F)CC4)c3c2)n1C. The highest BCUT2D eigenvalue weighted by atomic mass is 19.1. The van der Waals surface area contributed by atoms with Gasteiger partial charge in [0.1, 0.15) is 22.7 Å². The van der Waals surface area contributed by atoms with Gasteiger partial charge in [0, 0.05) is 24.0 Å². The van der Waals surface area contributed by atoms with Crippen molar-refractivity contribution in [1.29, 1.82) is 0 Å². The molecule has 0 atom stereocenters. The fourth-order valence-corrected chi connectivity index (χ4v) is 3.79. The van der Waals surface area contributed by atoms with E-state index in [1.165, 1.54) is 6.07 Å². The average Bonchev–Trinajstić information content (AvgIpc) is 3.21. The number of nitrogens with one attached hydrogen (secondary N) is 2. The predicted octanol–water partition coefficient (Wildman–Crippen LogP) is 3.81. The van der Waals surface area contributed by atoms with Crippen LogP contribution in [0.3, 0.4) is 0 Å². The van der Waals surface area contributed by atoms with Crippen molar-refractivity contribution in [2.75, 3.05) is 0 Å². The second-order valence-electron chi connectivity index (χ2n) is 7.86. The molecular formula is C20H23F2N5O. The average molecular weight is 387 g/mol. The first-order valence-corrected chi connectivity index (χ1v) is 9.41. The second-order valence-corrected chi connectivity index (χ2v) is 7.86. The van der Waals surface area contributed by atoms with Gasteiger partial charge >= 0.3 is 0 Å². The summed E-state index contributed by atoms with van der Waals surface area (Å²) in [7, 11) is 1.85. The van der Waals surface area contributed by atoms with Crippen LogP contribution in [0.4, 0.5) is 8.78 Å². The maximum absolute atomic E-state index is 14.6. The summed E-state index contributed by atoms with van der Waals surface area (Å²) in [6, 6.07) is 3.04. The van der Waals surface area contributed by atoms with Crippen LogP contribution in [-0.4, -0.2) is 37.4 Å². The number of carbonyl (C=O) groups excluding carboxylic acids is 1. The van der Waals surface area contributed by atoms with Crippen molar-refractivity contribution < 1.29 is 13.6 Å². The van der Waals surface area contributed by atoms with Gasteiger partial charge in [-0.2, -0.15) is 5.10 Å². The highest BCUT2D eigenvalue weighted by molar-refractivity contribution is 6.05. The Morgan fingerprint density at radius 1 is 1.36 bits per heavy atom. The first-order valence-electron chi connectivity index (χ1n) is 9.41. The minimum absolute atomic E-state index is 0.0950. The van der Waals surface area contributed by atoms with Gasteiger partial charge in [0.15, 0.2) is 5.82 Å². The van der Waals surface area contributed by atoms with E-state index in [-0.39, 0.29) is 23.2 Å². The molecule has 0 radical (unpaired) electrons. The van der Waals surface area contributed by atoms with Crippen LogP contribution in [-0.2, 0) is 7.05 Å². The Labute approximate surface area is 161 Å². The highest BCUT2D eigenvalue weighted by Gasteiger charge is 2.31. The van der Waals surface area contributed by atoms with E-state index in [4.69, 9.17) is 0 Å². The lowest BCUT2D eigenvalue weighted by molar-refractivity contribution is 0.0847. The number of fused-ring (bicyclic) bond motifs is 1. The van der Waals surface area contributed by atoms with Gasteiger partial charge < -0.3 is 9.88 Å². The maximum Gasteiger partial charge on any atom is 0.270 e. The molecule has 1 amide bonds. The van der Waals surface area contributed by atoms with E-state index in [0.29, 0.717) is 36.6 Å². The minimum Gasteiger partial charge on any atom is -0.348 e. The summed E-state index contributed by atoms with van der Waals surface area (Å²) in [4.78, 5) is 17.0. The molecule has 2 aromatic heterocycles. The number of aromatic nitrogens is 4. The van der Waals surface area contributed by atoms with Crippen molar-refractivity contribution in [3.8, 4) is 11.3 Å². The number of rotatable bonds is 3. The van der Waals surface area contributed by atoms with Crippen molar-refractivity contribution in [2.24, 2.45) is 7.05 Å². The summed E-state index contributed by atoms with van der Waals surface area (Å²) in [6.45, 7) is 3.46. The molecule has 1 aliphatic rings. The van der Waals surface area contributed by atoms with Crippen molar-refractivity contribution in [1.82, 2.24) is 25.1 Å². The van der Waals surface area contributed by atoms with Gasteiger partial charge in [-0.15, -0.1) is 0 Å². The smallest absolute Gasteiger partial charge is 0.270 e. The van der Waals surface area contributed by atoms with Gasteiger partial charge in [-0.3, -0.25) is 9.89 Å². The molecule has 1 saturated carbocycles. The molecule has 1 fully saturated rings. The number of nitrogens with zero attached hydrogens (tertiary/aromatic N) is 3. The molecular weight excluding hydrogens is 364 g/mol. The number of halogens is 2. The Morgan fingerprint density at radius 3 is 2.71 bits per heavy atom. The van der Waals surface area contributed by atoms with E-state index >= 15 is 0 Å². The lowest BCUT2D eigenvalue weighted by Gasteiger charge is -2.31. The van der Waals surface area contributed by atoms with E-state index in [1.807, 2.05) is 18.5 Å². The fourth-order valence-electron chi connectivity index (χ4n) is 3.79. The molecule has 4 rings (SSSR count). The zero-order valence-corrected chi connectivity index (χ0v) is 16.1. The molecule has 0 unspecified atom stereocenters. The lowest BCUT2D eigenvalue weighted by Crippen LogP contribution is -2.40. The monoisotopic (exact) mass is 387 g/mol. The Balaban J connectivity index is 1.64. The first kappa shape index (κ1) is 18.6. The highest BCUT2D eigenvalue weighted by Crippen LogP contribution is 2.32. The van der Waals surface area contributed by atoms with Crippen LogP contribution in [0.5, 0.6) is 0 Å². The Hall–Kier alpha value is -2.77. The zero-order chi connectivity index (χ0) is 20.1. The zero-order valence-electron chi connectivity index (χ0n) is 16.1. The number of aromatic amines is 1. The lowest BCUT2D eigenvalue weighted by atomic mass is 9.85. The Kier molecular flexibility index (Phi) is 4.44. The number of carbonyl (C=O) groups is 1. The number of alkyl halides is 1. The van der Waals surface area contributed by atoms with E-state index in [1.54, 1.807) is 19.2 Å². The summed E-state index contributed by atoms with van der Waals surface area (Å²) in [5.41, 5.74) is 0.534. The van der Waals surface area contributed by atoms with Crippen molar-refractivity contribution in [3.05, 3.63) is 35.7 Å². The molecule has 2 heterocycles. The number of hydrogen-bond acceptors (Lipinski definition) is 3. The van der Waals surface area contributed by atoms with Gasteiger partial charge in [-0.25, -0.2) is 13.8 Å². The molecule has 2 N–H and O–H groups in total. The van der Waals surface area contributed by atoms with E-state index in [2.05, 4.69) is 20.5 Å². The van der Waals surface area contributed by atoms with Crippen LogP contribution < -0.4 is 5.32 Å². The number of benzene rings is 1. The molecule has 6 nitrogen and oxygen atoms in total. The Bertz CT molecular complexity index is 1040. The summed E-state index contributed by atoms with van der Waals surface area (Å²) in [6.07, 6.45) is 3.67. The molecule has 0 spiro atoms. The molecule has 148 valence electrons. The van der Waals surface area contributed by atoms with Crippen LogP contribution in [0, 0.1) is 12.7 Å². The van der Waals surface area contributed by atoms with Gasteiger partial charge in [0.05, 0.1) is 11.9 Å². The second kappa shape index (κ2) is 6.68. The van der Waals surface area contributed by atoms with Crippen molar-refractivity contribution in [2.45, 2.75) is 51.2 Å². The molecule has 3 aromatic rings. The minimum atomic E-state index is -1.17. The molecule has 28 heavy (non-hydrogen) atoms. The number of amides is 1. The molecule has 1 aromatic carbocycles. The van der Waals surface area contributed by atoms with Crippen LogP contribution in [0.25, 0.3) is 22.2 Å². The molecule has 0 aliphatic heterocycles. The summed E-state index contributed by atoms with van der Waals surface area (Å²) in [5, 5.41) is 9.98. The molecule has 8 heteroatoms. The quantitative estimate of drug-likeness (QED) is 0.718. The standard InChI is InChI=1S/C20H23F2N5O/c1-11-23-10-16(27(11)3)12-8-14-17(15(21)9-12)25-26-18(14)19(28)24-13-4-6-20(2,22)7-5-13/h8-10,13H,4-7H2,1-3H3,(H,24,28)(H,25,26). The van der Waals surface area contributed by atoms with Gasteiger partial charge in [-0.1, -0.05) is 0 Å². The number of hydrogen-bond donors (Lipinski definition) is 2. The Morgan fingerprint density at radius 2 is 2.07 bits per heavy atom. The molecule has 1 aliphatic carbocycles. The summed E-state index contributed by atoms with van der Waals surface area (Å²) in [5.74, 6) is -0.0574. The summed E-state index contributed by atoms with van der Waals surface area (Å²) < 4.78 is 30.4. The van der Waals surface area contributed by atoms with Crippen LogP contribution in [0.2, 0.25) is 0 Å². The normalized spacial score (nSPS) is 22.5. The summed E-state index contributed by atoms with van der Waals surface area (Å²) >= 11 is 0. The van der Waals surface area contributed by atoms with Crippen LogP contribution in [0.1, 0.15) is 48.9 Å². The maximum atomic E-state index is 14.6. The number of H-pyrrole nitrogens is 1. The fraction of sp³-hybridized carbons (Fsp3) is 0.450. The van der Waals surface area contributed by atoms with E-state index in [9.17, 15) is 13.6 Å². The molecule has 0 bridgehead atoms. The largest absolute Gasteiger partial charge is 0.348 e. The third-order valence-corrected chi connectivity index (χ3v) is 5.72. The van der Waals surface area contributed by atoms with Crippen LogP contribution >= 0.6 is 0 Å². The third-order valence-electron chi connectivity index (χ3n) is 5.72. The van der Waals surface area contributed by atoms with Crippen molar-refractivity contribution in [3.63, 3.8) is 0 Å². The van der Waals surface area contributed by atoms with E-state index in [0.717, 1.165) is 11.5 Å². The number of imidazole rings is 1. The van der Waals surface area contributed by atoms with Crippen LogP contribution in [0.15, 0.2) is 18.3 Å². The first-order chi connectivity index (χ1) is 13.2. The molecule has 0 saturated heterocycles. The van der Waals surface area contributed by atoms with Gasteiger partial charge in [-0.05, 0) is 51.7 Å². The number of aryl methyl sites for hydroxylation is 1. The van der Waals surface area contributed by atoms with Gasteiger partial charge in [0.25, 0.3) is 5.91 Å². The van der Waals surface area contributed by atoms with E-state index < -0.39 is 11.5 Å². The van der Waals surface area contributed by atoms with Gasteiger partial charge in [0.2, 0.25) is 0 Å². The predicted molar refractivity (Wildman–Crippen MR) is 102 cm³/mol.